The number of hydrogen-bond acceptors (Lipinski definition) is 5. The molecule has 0 aliphatic carbocycles. The Morgan fingerprint density at radius 2 is 1.85 bits per heavy atom. The van der Waals surface area contributed by atoms with E-state index in [-0.39, 0.29) is 35.8 Å². The third-order valence-corrected chi connectivity index (χ3v) is 7.54. The lowest BCUT2D eigenvalue weighted by Crippen LogP contribution is -2.53. The Kier molecular flexibility index (Phi) is 4.94. The summed E-state index contributed by atoms with van der Waals surface area (Å²) < 4.78 is 24.5. The zero-order valence-electron chi connectivity index (χ0n) is 15.2. The molecule has 146 valence electrons. The van der Waals surface area contributed by atoms with E-state index in [1.807, 2.05) is 18.2 Å². The fourth-order valence-electron chi connectivity index (χ4n) is 4.51. The molecule has 3 heterocycles. The fourth-order valence-corrected chi connectivity index (χ4v) is 6.46. The molecular formula is C19H25N3O4S. The second-order valence-corrected chi connectivity index (χ2v) is 9.90. The van der Waals surface area contributed by atoms with Crippen molar-refractivity contribution < 1.29 is 18.0 Å². The summed E-state index contributed by atoms with van der Waals surface area (Å²) in [6.45, 7) is 1.75. The first-order valence-electron chi connectivity index (χ1n) is 9.56. The first-order chi connectivity index (χ1) is 12.9. The van der Waals surface area contributed by atoms with Gasteiger partial charge < -0.3 is 10.6 Å². The molecule has 3 atom stereocenters. The number of carbonyl (C=O) groups is 2. The van der Waals surface area contributed by atoms with Crippen molar-refractivity contribution in [2.75, 3.05) is 29.9 Å². The van der Waals surface area contributed by atoms with Crippen LogP contribution in [0.3, 0.4) is 0 Å². The standard InChI is InChI=1S/C19H25N3O4S/c23-18-10-14(13-6-2-3-7-15(13)20-18)19(24)21-16-11-27(25,26)12-17(16)22-8-4-1-5-9-22/h2-3,6-7,14,16-17H,1,4-5,8-12H2,(H,20,23)(H,21,24). The van der Waals surface area contributed by atoms with Gasteiger partial charge in [-0.1, -0.05) is 24.6 Å². The molecule has 2 amide bonds. The van der Waals surface area contributed by atoms with Gasteiger partial charge in [0.2, 0.25) is 11.8 Å². The van der Waals surface area contributed by atoms with Crippen LogP contribution in [0.4, 0.5) is 5.69 Å². The number of hydrogen-bond donors (Lipinski definition) is 2. The number of rotatable bonds is 3. The molecule has 2 saturated heterocycles. The molecule has 0 radical (unpaired) electrons. The van der Waals surface area contributed by atoms with E-state index in [1.54, 1.807) is 6.07 Å². The predicted octanol–water partition coefficient (Wildman–Crippen LogP) is 0.880. The van der Waals surface area contributed by atoms with Crippen molar-refractivity contribution in [1.29, 1.82) is 0 Å². The number of benzene rings is 1. The summed E-state index contributed by atoms with van der Waals surface area (Å²) in [5.41, 5.74) is 1.44. The number of piperidine rings is 1. The molecule has 7 nitrogen and oxygen atoms in total. The molecule has 2 N–H and O–H groups in total. The number of likely N-dealkylation sites (tertiary alicyclic amines) is 1. The molecule has 2 fully saturated rings. The van der Waals surface area contributed by atoms with Gasteiger partial charge in [0.05, 0.1) is 23.5 Å². The molecule has 3 aliphatic heterocycles. The van der Waals surface area contributed by atoms with Crippen LogP contribution in [-0.4, -0.2) is 61.8 Å². The van der Waals surface area contributed by atoms with E-state index in [0.29, 0.717) is 5.69 Å². The molecular weight excluding hydrogens is 366 g/mol. The van der Waals surface area contributed by atoms with E-state index >= 15 is 0 Å². The molecule has 8 heteroatoms. The first kappa shape index (κ1) is 18.4. The fraction of sp³-hybridized carbons (Fsp3) is 0.579. The minimum Gasteiger partial charge on any atom is -0.350 e. The molecule has 0 bridgehead atoms. The number of nitrogens with one attached hydrogen (secondary N) is 2. The molecule has 0 saturated carbocycles. The lowest BCUT2D eigenvalue weighted by Gasteiger charge is -2.35. The van der Waals surface area contributed by atoms with Crippen LogP contribution in [0.5, 0.6) is 0 Å². The maximum Gasteiger partial charge on any atom is 0.228 e. The number of amides is 2. The van der Waals surface area contributed by atoms with Crippen LogP contribution in [0.25, 0.3) is 0 Å². The highest BCUT2D eigenvalue weighted by atomic mass is 32.2. The van der Waals surface area contributed by atoms with Crippen molar-refractivity contribution >= 4 is 27.3 Å². The molecule has 1 aromatic carbocycles. The quantitative estimate of drug-likeness (QED) is 0.798. The minimum absolute atomic E-state index is 0.0273. The maximum atomic E-state index is 13.0. The molecule has 1 aromatic rings. The van der Waals surface area contributed by atoms with Gasteiger partial charge in [-0.15, -0.1) is 0 Å². The zero-order chi connectivity index (χ0) is 19.0. The number of fused-ring (bicyclic) bond motifs is 1. The highest BCUT2D eigenvalue weighted by molar-refractivity contribution is 7.91. The number of carbonyl (C=O) groups excluding carboxylic acids is 2. The van der Waals surface area contributed by atoms with Crippen molar-refractivity contribution in [2.24, 2.45) is 0 Å². The molecule has 0 aromatic heterocycles. The largest absolute Gasteiger partial charge is 0.350 e. The van der Waals surface area contributed by atoms with Crippen LogP contribution >= 0.6 is 0 Å². The Bertz CT molecular complexity index is 848. The highest BCUT2D eigenvalue weighted by Crippen LogP contribution is 2.32. The number of para-hydroxylation sites is 1. The van der Waals surface area contributed by atoms with Crippen molar-refractivity contribution in [1.82, 2.24) is 10.2 Å². The second-order valence-electron chi connectivity index (χ2n) is 7.75. The Labute approximate surface area is 159 Å². The van der Waals surface area contributed by atoms with Gasteiger partial charge in [0.15, 0.2) is 9.84 Å². The van der Waals surface area contributed by atoms with Crippen LogP contribution < -0.4 is 10.6 Å². The van der Waals surface area contributed by atoms with Gasteiger partial charge in [0.1, 0.15) is 0 Å². The molecule has 4 rings (SSSR count). The zero-order valence-corrected chi connectivity index (χ0v) is 16.0. The summed E-state index contributed by atoms with van der Waals surface area (Å²) in [5, 5.41) is 5.76. The van der Waals surface area contributed by atoms with Crippen molar-refractivity contribution in [3.05, 3.63) is 29.8 Å². The van der Waals surface area contributed by atoms with Gasteiger partial charge in [-0.25, -0.2) is 8.42 Å². The van der Waals surface area contributed by atoms with E-state index < -0.39 is 21.8 Å². The van der Waals surface area contributed by atoms with Crippen LogP contribution in [0.1, 0.15) is 37.2 Å². The Morgan fingerprint density at radius 3 is 2.63 bits per heavy atom. The number of sulfone groups is 1. The highest BCUT2D eigenvalue weighted by Gasteiger charge is 2.43. The summed E-state index contributed by atoms with van der Waals surface area (Å²) >= 11 is 0. The van der Waals surface area contributed by atoms with E-state index in [9.17, 15) is 18.0 Å². The summed E-state index contributed by atoms with van der Waals surface area (Å²) in [5.74, 6) is -0.970. The third-order valence-electron chi connectivity index (χ3n) is 5.83. The van der Waals surface area contributed by atoms with Crippen LogP contribution in [-0.2, 0) is 19.4 Å². The van der Waals surface area contributed by atoms with Gasteiger partial charge in [-0.05, 0) is 37.6 Å². The third kappa shape index (κ3) is 3.87. The minimum atomic E-state index is -3.18. The lowest BCUT2D eigenvalue weighted by atomic mass is 9.89. The Balaban J connectivity index is 1.53. The summed E-state index contributed by atoms with van der Waals surface area (Å²) in [4.78, 5) is 27.2. The predicted molar refractivity (Wildman–Crippen MR) is 102 cm³/mol. The molecule has 27 heavy (non-hydrogen) atoms. The summed E-state index contributed by atoms with van der Waals surface area (Å²) in [7, 11) is -3.18. The van der Waals surface area contributed by atoms with Gasteiger partial charge in [0, 0.05) is 18.2 Å². The van der Waals surface area contributed by atoms with E-state index in [4.69, 9.17) is 0 Å². The first-order valence-corrected chi connectivity index (χ1v) is 11.4. The summed E-state index contributed by atoms with van der Waals surface area (Å²) in [6.07, 6.45) is 3.37. The van der Waals surface area contributed by atoms with E-state index in [2.05, 4.69) is 15.5 Å². The van der Waals surface area contributed by atoms with E-state index in [0.717, 1.165) is 31.5 Å². The van der Waals surface area contributed by atoms with Gasteiger partial charge >= 0.3 is 0 Å². The average Bonchev–Trinajstić information content (AvgIpc) is 2.96. The molecule has 0 spiro atoms. The maximum absolute atomic E-state index is 13.0. The number of anilines is 1. The Hall–Kier alpha value is -1.93. The smallest absolute Gasteiger partial charge is 0.228 e. The van der Waals surface area contributed by atoms with Crippen molar-refractivity contribution in [3.8, 4) is 0 Å². The van der Waals surface area contributed by atoms with Gasteiger partial charge in [0.25, 0.3) is 0 Å². The topological polar surface area (TPSA) is 95.6 Å². The Morgan fingerprint density at radius 1 is 1.11 bits per heavy atom. The SMILES string of the molecule is O=C1CC(C(=O)NC2CS(=O)(=O)CC2N2CCCCC2)c2ccccc2N1. The monoisotopic (exact) mass is 391 g/mol. The van der Waals surface area contributed by atoms with Gasteiger partial charge in [-0.2, -0.15) is 0 Å². The normalized spacial score (nSPS) is 30.4. The second kappa shape index (κ2) is 7.24. The molecule has 3 unspecified atom stereocenters. The molecule has 3 aliphatic rings. The average molecular weight is 391 g/mol. The summed E-state index contributed by atoms with van der Waals surface area (Å²) in [6, 6.07) is 6.68. The van der Waals surface area contributed by atoms with Crippen LogP contribution in [0.15, 0.2) is 24.3 Å². The van der Waals surface area contributed by atoms with E-state index in [1.165, 1.54) is 6.42 Å². The van der Waals surface area contributed by atoms with Crippen LogP contribution in [0.2, 0.25) is 0 Å². The lowest BCUT2D eigenvalue weighted by molar-refractivity contribution is -0.127. The number of nitrogens with zero attached hydrogens (tertiary/aromatic N) is 1. The van der Waals surface area contributed by atoms with Crippen LogP contribution in [0, 0.1) is 0 Å². The van der Waals surface area contributed by atoms with Gasteiger partial charge in [-0.3, -0.25) is 14.5 Å². The van der Waals surface area contributed by atoms with Crippen molar-refractivity contribution in [2.45, 2.75) is 43.7 Å². The van der Waals surface area contributed by atoms with Crippen molar-refractivity contribution in [3.63, 3.8) is 0 Å².